The standard InChI is InChI=1S/C24H21N5O2S/c1-17-10-12-19(13-11-17)23-27-28-24(29(23)20-7-3-2-4-8-20)32-16-22(31)26-25-15-18-6-5-9-21(30)14-18/h2-15,30H,16H2,1H3,(H,26,31). The molecular weight excluding hydrogens is 422 g/mol. The van der Waals surface area contributed by atoms with Gasteiger partial charge in [0.25, 0.3) is 5.91 Å². The van der Waals surface area contributed by atoms with Crippen molar-refractivity contribution in [2.24, 2.45) is 5.10 Å². The molecule has 160 valence electrons. The zero-order valence-electron chi connectivity index (χ0n) is 17.3. The van der Waals surface area contributed by atoms with Gasteiger partial charge in [0, 0.05) is 11.3 Å². The Morgan fingerprint density at radius 1 is 1.06 bits per heavy atom. The van der Waals surface area contributed by atoms with E-state index in [1.165, 1.54) is 18.0 Å². The number of hydrazone groups is 1. The highest BCUT2D eigenvalue weighted by Gasteiger charge is 2.17. The second-order valence-corrected chi connectivity index (χ2v) is 7.96. The highest BCUT2D eigenvalue weighted by molar-refractivity contribution is 7.99. The van der Waals surface area contributed by atoms with E-state index in [0.29, 0.717) is 16.5 Å². The summed E-state index contributed by atoms with van der Waals surface area (Å²) in [7, 11) is 0. The lowest BCUT2D eigenvalue weighted by atomic mass is 10.1. The highest BCUT2D eigenvalue weighted by atomic mass is 32.2. The molecule has 1 heterocycles. The van der Waals surface area contributed by atoms with Crippen molar-refractivity contribution in [3.05, 3.63) is 90.0 Å². The van der Waals surface area contributed by atoms with Crippen molar-refractivity contribution in [1.82, 2.24) is 20.2 Å². The van der Waals surface area contributed by atoms with Crippen molar-refractivity contribution >= 4 is 23.9 Å². The van der Waals surface area contributed by atoms with Crippen LogP contribution in [0.3, 0.4) is 0 Å². The van der Waals surface area contributed by atoms with E-state index >= 15 is 0 Å². The van der Waals surface area contributed by atoms with Crippen LogP contribution in [0.1, 0.15) is 11.1 Å². The fraction of sp³-hybridized carbons (Fsp3) is 0.0833. The molecule has 0 spiro atoms. The van der Waals surface area contributed by atoms with Gasteiger partial charge >= 0.3 is 0 Å². The number of para-hydroxylation sites is 1. The lowest BCUT2D eigenvalue weighted by Crippen LogP contribution is -2.20. The Morgan fingerprint density at radius 3 is 2.59 bits per heavy atom. The highest BCUT2D eigenvalue weighted by Crippen LogP contribution is 2.28. The zero-order valence-corrected chi connectivity index (χ0v) is 18.2. The van der Waals surface area contributed by atoms with E-state index in [2.05, 4.69) is 20.7 Å². The predicted molar refractivity (Wildman–Crippen MR) is 126 cm³/mol. The van der Waals surface area contributed by atoms with Crippen LogP contribution in [0.15, 0.2) is 89.1 Å². The quantitative estimate of drug-likeness (QED) is 0.254. The predicted octanol–water partition coefficient (Wildman–Crippen LogP) is 4.19. The van der Waals surface area contributed by atoms with Gasteiger partial charge in [-0.05, 0) is 36.8 Å². The van der Waals surface area contributed by atoms with Crippen LogP contribution in [0.25, 0.3) is 17.1 Å². The minimum Gasteiger partial charge on any atom is -0.508 e. The van der Waals surface area contributed by atoms with Gasteiger partial charge in [-0.1, -0.05) is 71.9 Å². The third-order valence-electron chi connectivity index (χ3n) is 4.56. The summed E-state index contributed by atoms with van der Waals surface area (Å²) < 4.78 is 1.94. The maximum atomic E-state index is 12.3. The number of carbonyl (C=O) groups excluding carboxylic acids is 1. The van der Waals surface area contributed by atoms with Crippen LogP contribution in [0.2, 0.25) is 0 Å². The van der Waals surface area contributed by atoms with Gasteiger partial charge in [0.15, 0.2) is 11.0 Å². The summed E-state index contributed by atoms with van der Waals surface area (Å²) in [5.41, 5.74) is 6.20. The number of hydrogen-bond donors (Lipinski definition) is 2. The van der Waals surface area contributed by atoms with Gasteiger partial charge in [0.05, 0.1) is 12.0 Å². The molecule has 32 heavy (non-hydrogen) atoms. The molecule has 4 aromatic rings. The molecule has 0 aliphatic rings. The number of nitrogens with zero attached hydrogens (tertiary/aromatic N) is 4. The van der Waals surface area contributed by atoms with Crippen LogP contribution >= 0.6 is 11.8 Å². The van der Waals surface area contributed by atoms with E-state index < -0.39 is 0 Å². The molecule has 0 saturated carbocycles. The fourth-order valence-corrected chi connectivity index (χ4v) is 3.75. The SMILES string of the molecule is Cc1ccc(-c2nnc(SCC(=O)NN=Cc3cccc(O)c3)n2-c2ccccc2)cc1. The average molecular weight is 444 g/mol. The van der Waals surface area contributed by atoms with E-state index in [0.717, 1.165) is 16.8 Å². The van der Waals surface area contributed by atoms with E-state index in [1.54, 1.807) is 24.3 Å². The number of rotatable bonds is 7. The molecule has 0 aliphatic heterocycles. The number of phenols is 1. The lowest BCUT2D eigenvalue weighted by Gasteiger charge is -2.10. The summed E-state index contributed by atoms with van der Waals surface area (Å²) in [5, 5.41) is 22.8. The Hall–Kier alpha value is -3.91. The molecule has 0 atom stereocenters. The van der Waals surface area contributed by atoms with Gasteiger partial charge in [-0.25, -0.2) is 5.43 Å². The van der Waals surface area contributed by atoms with Crippen molar-refractivity contribution < 1.29 is 9.90 Å². The third-order valence-corrected chi connectivity index (χ3v) is 5.49. The van der Waals surface area contributed by atoms with Gasteiger partial charge in [-0.3, -0.25) is 9.36 Å². The summed E-state index contributed by atoms with van der Waals surface area (Å²) in [6.45, 7) is 2.04. The monoisotopic (exact) mass is 443 g/mol. The van der Waals surface area contributed by atoms with Crippen LogP contribution in [-0.4, -0.2) is 37.7 Å². The number of nitrogens with one attached hydrogen (secondary N) is 1. The number of carbonyl (C=O) groups is 1. The molecule has 0 bridgehead atoms. The molecule has 8 heteroatoms. The molecule has 2 N–H and O–H groups in total. The van der Waals surface area contributed by atoms with Gasteiger partial charge in [-0.15, -0.1) is 10.2 Å². The van der Waals surface area contributed by atoms with Gasteiger partial charge in [-0.2, -0.15) is 5.10 Å². The summed E-state index contributed by atoms with van der Waals surface area (Å²) in [6, 6.07) is 24.5. The maximum absolute atomic E-state index is 12.3. The Morgan fingerprint density at radius 2 is 1.84 bits per heavy atom. The number of thioether (sulfide) groups is 1. The number of aromatic hydroxyl groups is 1. The molecular formula is C24H21N5O2S. The minimum atomic E-state index is -0.272. The lowest BCUT2D eigenvalue weighted by molar-refractivity contribution is -0.118. The first-order chi connectivity index (χ1) is 15.6. The number of aromatic nitrogens is 3. The summed E-state index contributed by atoms with van der Waals surface area (Å²) >= 11 is 1.28. The Kier molecular flexibility index (Phi) is 6.62. The summed E-state index contributed by atoms with van der Waals surface area (Å²) in [5.74, 6) is 0.698. The number of benzene rings is 3. The average Bonchev–Trinajstić information content (AvgIpc) is 3.23. The van der Waals surface area contributed by atoms with Crippen LogP contribution in [-0.2, 0) is 4.79 Å². The molecule has 3 aromatic carbocycles. The van der Waals surface area contributed by atoms with Gasteiger partial charge in [0.2, 0.25) is 0 Å². The fourth-order valence-electron chi connectivity index (χ4n) is 3.01. The largest absolute Gasteiger partial charge is 0.508 e. The van der Waals surface area contributed by atoms with Gasteiger partial charge in [0.1, 0.15) is 5.75 Å². The number of phenolic OH excluding ortho intramolecular Hbond substituents is 1. The van der Waals surface area contributed by atoms with Crippen molar-refractivity contribution in [1.29, 1.82) is 0 Å². The molecule has 1 aromatic heterocycles. The first kappa shape index (κ1) is 21.3. The third kappa shape index (κ3) is 5.22. The van der Waals surface area contributed by atoms with E-state index in [9.17, 15) is 9.90 Å². The number of aryl methyl sites for hydroxylation is 1. The van der Waals surface area contributed by atoms with Gasteiger partial charge < -0.3 is 5.11 Å². The number of amides is 1. The van der Waals surface area contributed by atoms with Crippen molar-refractivity contribution in [2.45, 2.75) is 12.1 Å². The van der Waals surface area contributed by atoms with E-state index in [-0.39, 0.29) is 17.4 Å². The normalized spacial score (nSPS) is 11.0. The molecule has 0 fully saturated rings. The first-order valence-electron chi connectivity index (χ1n) is 9.92. The Balaban J connectivity index is 1.49. The van der Waals surface area contributed by atoms with E-state index in [1.807, 2.05) is 66.1 Å². The second kappa shape index (κ2) is 9.93. The summed E-state index contributed by atoms with van der Waals surface area (Å²) in [6.07, 6.45) is 1.48. The van der Waals surface area contributed by atoms with Crippen LogP contribution in [0, 0.1) is 6.92 Å². The second-order valence-electron chi connectivity index (χ2n) is 7.02. The van der Waals surface area contributed by atoms with Crippen LogP contribution < -0.4 is 5.43 Å². The Bertz CT molecular complexity index is 1240. The van der Waals surface area contributed by atoms with Crippen molar-refractivity contribution in [3.8, 4) is 22.8 Å². The minimum absolute atomic E-state index is 0.121. The van der Waals surface area contributed by atoms with E-state index in [4.69, 9.17) is 0 Å². The Labute approximate surface area is 189 Å². The van der Waals surface area contributed by atoms with Crippen molar-refractivity contribution in [2.75, 3.05) is 5.75 Å². The molecule has 1 amide bonds. The smallest absolute Gasteiger partial charge is 0.250 e. The van der Waals surface area contributed by atoms with Crippen LogP contribution in [0.4, 0.5) is 0 Å². The molecule has 0 saturated heterocycles. The molecule has 0 unspecified atom stereocenters. The molecule has 4 rings (SSSR count). The first-order valence-corrected chi connectivity index (χ1v) is 10.9. The topological polar surface area (TPSA) is 92.4 Å². The zero-order chi connectivity index (χ0) is 22.3. The maximum Gasteiger partial charge on any atom is 0.250 e. The molecule has 7 nitrogen and oxygen atoms in total. The van der Waals surface area contributed by atoms with Crippen molar-refractivity contribution in [3.63, 3.8) is 0 Å². The number of hydrogen-bond acceptors (Lipinski definition) is 6. The molecule has 0 radical (unpaired) electrons. The van der Waals surface area contributed by atoms with Crippen LogP contribution in [0.5, 0.6) is 5.75 Å². The summed E-state index contributed by atoms with van der Waals surface area (Å²) in [4.78, 5) is 12.3. The molecule has 0 aliphatic carbocycles.